The number of carbonyl (C=O) groups excluding carboxylic acids is 5. The van der Waals surface area contributed by atoms with Gasteiger partial charge in [-0.15, -0.1) is 5.10 Å². The molecule has 0 spiro atoms. The predicted molar refractivity (Wildman–Crippen MR) is 229 cm³/mol. The molecule has 3 saturated heterocycles. The molecule has 4 aliphatic rings. The van der Waals surface area contributed by atoms with Gasteiger partial charge in [0.05, 0.1) is 35.6 Å². The van der Waals surface area contributed by atoms with Gasteiger partial charge in [0.15, 0.2) is 5.65 Å². The second-order valence-electron chi connectivity index (χ2n) is 16.2. The van der Waals surface area contributed by atoms with Crippen LogP contribution in [0.2, 0.25) is 0 Å². The molecule has 5 amide bonds. The van der Waals surface area contributed by atoms with Crippen LogP contribution in [0.25, 0.3) is 17.0 Å². The van der Waals surface area contributed by atoms with Crippen LogP contribution in [0.15, 0.2) is 79.0 Å². The third-order valence-corrected chi connectivity index (χ3v) is 12.1. The number of anilines is 3. The van der Waals surface area contributed by atoms with Gasteiger partial charge in [-0.3, -0.25) is 39.1 Å². The van der Waals surface area contributed by atoms with Crippen molar-refractivity contribution in [2.24, 2.45) is 0 Å². The molecule has 3 fully saturated rings. The summed E-state index contributed by atoms with van der Waals surface area (Å²) in [5.41, 5.74) is 4.40. The minimum absolute atomic E-state index is 0.00364. The second kappa shape index (κ2) is 17.7. The highest BCUT2D eigenvalue weighted by Crippen LogP contribution is 2.36. The highest BCUT2D eigenvalue weighted by Gasteiger charge is 2.44. The number of nitrogens with one attached hydrogen (secondary N) is 3. The number of hydrogen-bond acceptors (Lipinski definition) is 12. The van der Waals surface area contributed by atoms with Crippen molar-refractivity contribution in [3.05, 3.63) is 102 Å². The molecule has 5 aromatic rings. The first-order valence-electron chi connectivity index (χ1n) is 21.4. The Labute approximate surface area is 357 Å². The molecule has 0 radical (unpaired) electrons. The average molecular weight is 842 g/mol. The van der Waals surface area contributed by atoms with E-state index in [9.17, 15) is 28.4 Å². The molecule has 62 heavy (non-hydrogen) atoms. The van der Waals surface area contributed by atoms with Gasteiger partial charge in [-0.1, -0.05) is 18.2 Å². The summed E-state index contributed by atoms with van der Waals surface area (Å²) in [7, 11) is 0. The highest BCUT2D eigenvalue weighted by molar-refractivity contribution is 6.23. The first-order chi connectivity index (χ1) is 30.2. The second-order valence-corrected chi connectivity index (χ2v) is 16.2. The van der Waals surface area contributed by atoms with E-state index in [2.05, 4.69) is 35.6 Å². The van der Waals surface area contributed by atoms with Crippen molar-refractivity contribution in [1.82, 2.24) is 40.0 Å². The Morgan fingerprint density at radius 3 is 2.47 bits per heavy atom. The van der Waals surface area contributed by atoms with E-state index in [-0.39, 0.29) is 41.7 Å². The minimum Gasteiger partial charge on any atom is -0.385 e. The molecular weight excluding hydrogens is 794 g/mol. The highest BCUT2D eigenvalue weighted by atomic mass is 19.1. The van der Waals surface area contributed by atoms with E-state index in [0.29, 0.717) is 25.3 Å². The van der Waals surface area contributed by atoms with Crippen LogP contribution in [-0.4, -0.2) is 117 Å². The van der Waals surface area contributed by atoms with Gasteiger partial charge in [0.2, 0.25) is 17.7 Å². The van der Waals surface area contributed by atoms with Gasteiger partial charge in [-0.2, -0.15) is 0 Å². The van der Waals surface area contributed by atoms with Crippen molar-refractivity contribution < 1.29 is 28.4 Å². The molecule has 2 atom stereocenters. The third kappa shape index (κ3) is 8.44. The number of halogens is 1. The molecule has 3 aromatic heterocycles. The van der Waals surface area contributed by atoms with E-state index >= 15 is 0 Å². The number of nitrogens with zero attached hydrogens (tertiary/aromatic N) is 8. The predicted octanol–water partition coefficient (Wildman–Crippen LogP) is 4.19. The fourth-order valence-electron chi connectivity index (χ4n) is 8.90. The number of benzene rings is 2. The topological polar surface area (TPSA) is 177 Å². The summed E-state index contributed by atoms with van der Waals surface area (Å²) in [4.78, 5) is 80.0. The molecule has 2 aromatic carbocycles. The molecule has 320 valence electrons. The zero-order chi connectivity index (χ0) is 42.7. The van der Waals surface area contributed by atoms with Crippen LogP contribution in [0, 0.1) is 5.82 Å². The number of fused-ring (bicyclic) bond motifs is 2. The van der Waals surface area contributed by atoms with E-state index in [1.807, 2.05) is 40.9 Å². The maximum atomic E-state index is 14.1. The quantitative estimate of drug-likeness (QED) is 0.108. The summed E-state index contributed by atoms with van der Waals surface area (Å²) < 4.78 is 15.9. The normalized spacial score (nSPS) is 19.3. The number of pyridine rings is 1. The van der Waals surface area contributed by atoms with Crippen LogP contribution < -0.4 is 25.8 Å². The molecular formula is C45H48FN11O5. The summed E-state index contributed by atoms with van der Waals surface area (Å²) in [5, 5.41) is 13.6. The number of imidazole rings is 1. The van der Waals surface area contributed by atoms with E-state index in [4.69, 9.17) is 10.1 Å². The number of aromatic nitrogens is 4. The molecule has 0 aliphatic carbocycles. The van der Waals surface area contributed by atoms with Crippen molar-refractivity contribution in [2.75, 3.05) is 67.5 Å². The molecule has 4 aliphatic heterocycles. The van der Waals surface area contributed by atoms with Gasteiger partial charge in [0, 0.05) is 57.9 Å². The van der Waals surface area contributed by atoms with Crippen molar-refractivity contribution in [3.8, 4) is 11.4 Å². The van der Waals surface area contributed by atoms with Crippen LogP contribution in [0.5, 0.6) is 0 Å². The Hall–Kier alpha value is -6.75. The summed E-state index contributed by atoms with van der Waals surface area (Å²) in [5.74, 6) is -0.678. The van der Waals surface area contributed by atoms with E-state index in [1.165, 1.54) is 6.07 Å². The minimum atomic E-state index is -0.995. The van der Waals surface area contributed by atoms with Crippen molar-refractivity contribution in [2.45, 2.75) is 57.0 Å². The molecule has 9 rings (SSSR count). The Kier molecular flexibility index (Phi) is 11.6. The van der Waals surface area contributed by atoms with Gasteiger partial charge in [0.1, 0.15) is 29.2 Å². The lowest BCUT2D eigenvalue weighted by Gasteiger charge is -2.35. The van der Waals surface area contributed by atoms with Gasteiger partial charge in [-0.25, -0.2) is 18.9 Å². The van der Waals surface area contributed by atoms with Crippen molar-refractivity contribution in [1.29, 1.82) is 0 Å². The number of unbranched alkanes of at least 4 members (excludes halogenated alkanes) is 2. The number of amides is 5. The van der Waals surface area contributed by atoms with Crippen LogP contribution in [-0.2, 0) is 14.4 Å². The number of rotatable bonds is 14. The first kappa shape index (κ1) is 40.6. The molecule has 0 saturated carbocycles. The Bertz CT molecular complexity index is 2540. The standard InChI is InChI=1S/C45H48FN11O5/c46-30-8-4-7-29(25-30)35-10-6-20-55(35)40-16-15-38-49-27-37(57(38)52-40)34-9-5-11-39(50-34)54-23-21-53(22-24-54)28-42(59)48-19-3-1-2-18-47-31-12-13-32-33(26-31)45(62)56(44(32)61)36-14-17-41(58)51-43(36)60/h4-5,7-9,11-13,15-16,25-27,35-36,47H,1-3,6,10,14,17-24,28H2,(H,48,59)(H,51,58,60)/t35-,36?/m1/s1. The number of imide groups is 2. The molecule has 0 bridgehead atoms. The molecule has 17 heteroatoms. The maximum absolute atomic E-state index is 14.1. The summed E-state index contributed by atoms with van der Waals surface area (Å²) in [6, 6.07) is 20.7. The van der Waals surface area contributed by atoms with Gasteiger partial charge >= 0.3 is 0 Å². The number of piperazine rings is 1. The SMILES string of the molecule is O=C(CN1CCN(c2cccc(-c3cnc4ccc(N5CCC[C@@H]5c5cccc(F)c5)nn34)n2)CC1)NCCCCCNc1ccc2c(c1)C(=O)N(C1CCC(=O)NC1=O)C2=O. The summed E-state index contributed by atoms with van der Waals surface area (Å²) in [6.45, 7) is 5.30. The lowest BCUT2D eigenvalue weighted by Crippen LogP contribution is -2.54. The lowest BCUT2D eigenvalue weighted by molar-refractivity contribution is -0.136. The fourth-order valence-corrected chi connectivity index (χ4v) is 8.90. The van der Waals surface area contributed by atoms with Gasteiger partial charge in [-0.05, 0) is 98.7 Å². The van der Waals surface area contributed by atoms with Gasteiger partial charge < -0.3 is 20.4 Å². The lowest BCUT2D eigenvalue weighted by atomic mass is 10.0. The summed E-state index contributed by atoms with van der Waals surface area (Å²) >= 11 is 0. The zero-order valence-electron chi connectivity index (χ0n) is 34.3. The van der Waals surface area contributed by atoms with Crippen LogP contribution in [0.1, 0.15) is 77.3 Å². The monoisotopic (exact) mass is 841 g/mol. The smallest absolute Gasteiger partial charge is 0.262 e. The average Bonchev–Trinajstić information content (AvgIpc) is 4.00. The molecule has 3 N–H and O–H groups in total. The number of hydrogen-bond donors (Lipinski definition) is 3. The zero-order valence-corrected chi connectivity index (χ0v) is 34.3. The number of carbonyl (C=O) groups is 5. The summed E-state index contributed by atoms with van der Waals surface area (Å²) in [6.07, 6.45) is 6.45. The Morgan fingerprint density at radius 2 is 1.63 bits per heavy atom. The van der Waals surface area contributed by atoms with Crippen LogP contribution in [0.3, 0.4) is 0 Å². The van der Waals surface area contributed by atoms with Crippen molar-refractivity contribution in [3.63, 3.8) is 0 Å². The molecule has 7 heterocycles. The largest absolute Gasteiger partial charge is 0.385 e. The van der Waals surface area contributed by atoms with E-state index < -0.39 is 29.7 Å². The molecule has 16 nitrogen and oxygen atoms in total. The Morgan fingerprint density at radius 1 is 0.806 bits per heavy atom. The van der Waals surface area contributed by atoms with Crippen molar-refractivity contribution >= 4 is 52.5 Å². The van der Waals surface area contributed by atoms with E-state index in [1.54, 1.807) is 36.5 Å². The Balaban J connectivity index is 0.703. The third-order valence-electron chi connectivity index (χ3n) is 12.1. The van der Waals surface area contributed by atoms with E-state index in [0.717, 1.165) is 104 Å². The maximum Gasteiger partial charge on any atom is 0.262 e. The first-order valence-corrected chi connectivity index (χ1v) is 21.4. The van der Waals surface area contributed by atoms with Crippen LogP contribution in [0.4, 0.5) is 21.7 Å². The van der Waals surface area contributed by atoms with Gasteiger partial charge in [0.25, 0.3) is 11.8 Å². The number of piperidine rings is 1. The molecule has 1 unspecified atom stereocenters. The fraction of sp³-hybridized carbons (Fsp3) is 0.378. The van der Waals surface area contributed by atoms with Crippen LogP contribution >= 0.6 is 0 Å².